The van der Waals surface area contributed by atoms with Gasteiger partial charge >= 0.3 is 0 Å². The standard InChI is InChI=1S/C16H22N2O/c1-3-14-11-15(18(2)17-14)12-16(19)10-9-13-7-5-4-6-8-13/h4-8,11,16,19H,3,9-10,12H2,1-2H3. The molecule has 0 spiro atoms. The van der Waals surface area contributed by atoms with Crippen LogP contribution in [0.25, 0.3) is 0 Å². The van der Waals surface area contributed by atoms with Crippen LogP contribution in [-0.2, 0) is 26.3 Å². The quantitative estimate of drug-likeness (QED) is 0.864. The molecule has 1 atom stereocenters. The zero-order valence-corrected chi connectivity index (χ0v) is 11.7. The highest BCUT2D eigenvalue weighted by atomic mass is 16.3. The molecule has 102 valence electrons. The largest absolute Gasteiger partial charge is 0.393 e. The van der Waals surface area contributed by atoms with Crippen LogP contribution in [0, 0.1) is 0 Å². The molecule has 19 heavy (non-hydrogen) atoms. The van der Waals surface area contributed by atoms with Gasteiger partial charge in [-0.2, -0.15) is 5.10 Å². The summed E-state index contributed by atoms with van der Waals surface area (Å²) in [5, 5.41) is 14.5. The third kappa shape index (κ3) is 3.93. The van der Waals surface area contributed by atoms with Crippen LogP contribution in [0.2, 0.25) is 0 Å². The maximum Gasteiger partial charge on any atom is 0.0624 e. The molecule has 1 aromatic heterocycles. The zero-order chi connectivity index (χ0) is 13.7. The monoisotopic (exact) mass is 258 g/mol. The van der Waals surface area contributed by atoms with Crippen molar-refractivity contribution in [1.29, 1.82) is 0 Å². The molecule has 3 heteroatoms. The molecule has 0 saturated heterocycles. The second-order valence-corrected chi connectivity index (χ2v) is 4.99. The number of hydrogen-bond donors (Lipinski definition) is 1. The van der Waals surface area contributed by atoms with Crippen LogP contribution >= 0.6 is 0 Å². The van der Waals surface area contributed by atoms with E-state index in [1.54, 1.807) is 0 Å². The Morgan fingerprint density at radius 3 is 2.63 bits per heavy atom. The first-order valence-corrected chi connectivity index (χ1v) is 6.92. The van der Waals surface area contributed by atoms with Crippen molar-refractivity contribution >= 4 is 0 Å². The van der Waals surface area contributed by atoms with Crippen LogP contribution in [0.3, 0.4) is 0 Å². The van der Waals surface area contributed by atoms with Gasteiger partial charge in [-0.3, -0.25) is 4.68 Å². The summed E-state index contributed by atoms with van der Waals surface area (Å²) in [6.45, 7) is 2.10. The summed E-state index contributed by atoms with van der Waals surface area (Å²) < 4.78 is 1.88. The number of rotatable bonds is 6. The first kappa shape index (κ1) is 13.8. The molecule has 3 nitrogen and oxygen atoms in total. The molecule has 0 aliphatic rings. The molecule has 1 unspecified atom stereocenters. The van der Waals surface area contributed by atoms with E-state index in [1.165, 1.54) is 5.56 Å². The fourth-order valence-electron chi connectivity index (χ4n) is 2.26. The Morgan fingerprint density at radius 1 is 1.26 bits per heavy atom. The molecule has 0 saturated carbocycles. The smallest absolute Gasteiger partial charge is 0.0624 e. The van der Waals surface area contributed by atoms with Crippen LogP contribution in [0.1, 0.15) is 30.3 Å². The minimum atomic E-state index is -0.305. The van der Waals surface area contributed by atoms with E-state index < -0.39 is 0 Å². The molecule has 0 bridgehead atoms. The van der Waals surface area contributed by atoms with E-state index in [2.05, 4.69) is 30.2 Å². The summed E-state index contributed by atoms with van der Waals surface area (Å²) >= 11 is 0. The number of benzene rings is 1. The number of nitrogens with zero attached hydrogens (tertiary/aromatic N) is 2. The van der Waals surface area contributed by atoms with Gasteiger partial charge < -0.3 is 5.11 Å². The summed E-state index contributed by atoms with van der Waals surface area (Å²) in [5.41, 5.74) is 3.48. The predicted octanol–water partition coefficient (Wildman–Crippen LogP) is 2.52. The average molecular weight is 258 g/mol. The van der Waals surface area contributed by atoms with Gasteiger partial charge in [-0.1, -0.05) is 37.3 Å². The highest BCUT2D eigenvalue weighted by Gasteiger charge is 2.10. The van der Waals surface area contributed by atoms with Crippen LogP contribution in [0.5, 0.6) is 0 Å². The van der Waals surface area contributed by atoms with E-state index in [4.69, 9.17) is 0 Å². The molecule has 1 heterocycles. The van der Waals surface area contributed by atoms with Crippen LogP contribution in [0.4, 0.5) is 0 Å². The lowest BCUT2D eigenvalue weighted by Gasteiger charge is -2.10. The van der Waals surface area contributed by atoms with Crippen molar-refractivity contribution in [2.45, 2.75) is 38.7 Å². The Bertz CT molecular complexity index is 505. The Hall–Kier alpha value is -1.61. The van der Waals surface area contributed by atoms with Gasteiger partial charge in [0.2, 0.25) is 0 Å². The van der Waals surface area contributed by atoms with Crippen molar-refractivity contribution in [3.05, 3.63) is 53.3 Å². The second-order valence-electron chi connectivity index (χ2n) is 4.99. The molecule has 0 amide bonds. The molecular weight excluding hydrogens is 236 g/mol. The van der Waals surface area contributed by atoms with Gasteiger partial charge in [0, 0.05) is 19.2 Å². The third-order valence-electron chi connectivity index (χ3n) is 3.44. The lowest BCUT2D eigenvalue weighted by Crippen LogP contribution is -2.14. The molecule has 0 aliphatic heterocycles. The number of aliphatic hydroxyl groups excluding tert-OH is 1. The van der Waals surface area contributed by atoms with E-state index in [-0.39, 0.29) is 6.10 Å². The summed E-state index contributed by atoms with van der Waals surface area (Å²) in [5.74, 6) is 0. The summed E-state index contributed by atoms with van der Waals surface area (Å²) in [6, 6.07) is 12.4. The molecule has 1 aromatic carbocycles. The summed E-state index contributed by atoms with van der Waals surface area (Å²) in [6.07, 6.45) is 3.02. The lowest BCUT2D eigenvalue weighted by atomic mass is 10.0. The topological polar surface area (TPSA) is 38.0 Å². The lowest BCUT2D eigenvalue weighted by molar-refractivity contribution is 0.163. The number of aromatic nitrogens is 2. The van der Waals surface area contributed by atoms with Gasteiger partial charge in [-0.25, -0.2) is 0 Å². The first-order valence-electron chi connectivity index (χ1n) is 6.92. The van der Waals surface area contributed by atoms with Crippen molar-refractivity contribution in [2.24, 2.45) is 7.05 Å². The molecule has 1 N–H and O–H groups in total. The molecular formula is C16H22N2O. The van der Waals surface area contributed by atoms with Gasteiger partial charge in [0.15, 0.2) is 0 Å². The van der Waals surface area contributed by atoms with E-state index in [0.29, 0.717) is 6.42 Å². The first-order chi connectivity index (χ1) is 9.19. The van der Waals surface area contributed by atoms with E-state index in [1.807, 2.05) is 29.9 Å². The van der Waals surface area contributed by atoms with Crippen LogP contribution in [0.15, 0.2) is 36.4 Å². The number of aliphatic hydroxyl groups is 1. The molecule has 0 fully saturated rings. The summed E-state index contributed by atoms with van der Waals surface area (Å²) in [7, 11) is 1.94. The third-order valence-corrected chi connectivity index (χ3v) is 3.44. The Kier molecular flexibility index (Phi) is 4.74. The highest BCUT2D eigenvalue weighted by molar-refractivity contribution is 5.15. The van der Waals surface area contributed by atoms with E-state index in [0.717, 1.165) is 30.7 Å². The molecule has 2 aromatic rings. The minimum absolute atomic E-state index is 0.305. The number of hydrogen-bond acceptors (Lipinski definition) is 2. The maximum atomic E-state index is 10.1. The SMILES string of the molecule is CCc1cc(CC(O)CCc2ccccc2)n(C)n1. The fraction of sp³-hybridized carbons (Fsp3) is 0.438. The normalized spacial score (nSPS) is 12.6. The zero-order valence-electron chi connectivity index (χ0n) is 11.7. The van der Waals surface area contributed by atoms with Crippen molar-refractivity contribution in [1.82, 2.24) is 9.78 Å². The average Bonchev–Trinajstić information content (AvgIpc) is 2.78. The molecule has 0 aliphatic carbocycles. The Labute approximate surface area is 114 Å². The van der Waals surface area contributed by atoms with Gasteiger partial charge in [0.25, 0.3) is 0 Å². The van der Waals surface area contributed by atoms with Crippen LogP contribution < -0.4 is 0 Å². The van der Waals surface area contributed by atoms with Gasteiger partial charge in [-0.15, -0.1) is 0 Å². The van der Waals surface area contributed by atoms with Gasteiger partial charge in [0.1, 0.15) is 0 Å². The van der Waals surface area contributed by atoms with Crippen molar-refractivity contribution in [3.8, 4) is 0 Å². The second kappa shape index (κ2) is 6.53. The van der Waals surface area contributed by atoms with Gasteiger partial charge in [0.05, 0.1) is 11.8 Å². The van der Waals surface area contributed by atoms with Crippen molar-refractivity contribution in [3.63, 3.8) is 0 Å². The Morgan fingerprint density at radius 2 is 2.00 bits per heavy atom. The Balaban J connectivity index is 1.87. The summed E-state index contributed by atoms with van der Waals surface area (Å²) in [4.78, 5) is 0. The number of aryl methyl sites for hydroxylation is 3. The van der Waals surface area contributed by atoms with Crippen molar-refractivity contribution < 1.29 is 5.11 Å². The van der Waals surface area contributed by atoms with E-state index >= 15 is 0 Å². The molecule has 0 radical (unpaired) electrons. The predicted molar refractivity (Wildman–Crippen MR) is 77.1 cm³/mol. The van der Waals surface area contributed by atoms with E-state index in [9.17, 15) is 5.11 Å². The van der Waals surface area contributed by atoms with Crippen LogP contribution in [-0.4, -0.2) is 21.0 Å². The van der Waals surface area contributed by atoms with Gasteiger partial charge in [-0.05, 0) is 30.9 Å². The molecule has 2 rings (SSSR count). The maximum absolute atomic E-state index is 10.1. The van der Waals surface area contributed by atoms with Crippen molar-refractivity contribution in [2.75, 3.05) is 0 Å². The highest BCUT2D eigenvalue weighted by Crippen LogP contribution is 2.11. The minimum Gasteiger partial charge on any atom is -0.393 e. The fourth-order valence-corrected chi connectivity index (χ4v) is 2.26.